The molecule has 4 atom stereocenters. The fourth-order valence-corrected chi connectivity index (χ4v) is 3.78. The second-order valence-corrected chi connectivity index (χ2v) is 6.85. The molecule has 3 heterocycles. The third kappa shape index (κ3) is 2.58. The molecule has 0 aliphatic carbocycles. The summed E-state index contributed by atoms with van der Waals surface area (Å²) in [7, 11) is 0. The number of rotatable bonds is 3. The van der Waals surface area contributed by atoms with E-state index in [2.05, 4.69) is 6.92 Å². The Bertz CT molecular complexity index is 625. The number of pyridine rings is 1. The number of aromatic nitrogens is 1. The van der Waals surface area contributed by atoms with Crippen LogP contribution in [0, 0.1) is 11.8 Å². The van der Waals surface area contributed by atoms with Gasteiger partial charge in [0.2, 0.25) is 5.91 Å². The quantitative estimate of drug-likeness (QED) is 0.911. The van der Waals surface area contributed by atoms with Gasteiger partial charge in [-0.2, -0.15) is 0 Å². The Hall–Kier alpha value is -1.62. The number of hydrogen-bond donors (Lipinski definition) is 1. The Kier molecular flexibility index (Phi) is 4.08. The average molecular weight is 303 g/mol. The first-order valence-electron chi connectivity index (χ1n) is 8.25. The lowest BCUT2D eigenvalue weighted by Crippen LogP contribution is -2.54. The van der Waals surface area contributed by atoms with Crippen molar-refractivity contribution in [2.24, 2.45) is 17.6 Å². The van der Waals surface area contributed by atoms with E-state index in [1.54, 1.807) is 6.07 Å². The van der Waals surface area contributed by atoms with E-state index in [0.29, 0.717) is 19.0 Å². The molecule has 2 bridgehead atoms. The molecule has 0 aromatic carbocycles. The number of amides is 1. The number of hydrogen-bond acceptors (Lipinski definition) is 3. The van der Waals surface area contributed by atoms with E-state index in [1.165, 1.54) is 0 Å². The average Bonchev–Trinajstić information content (AvgIpc) is 2.53. The van der Waals surface area contributed by atoms with E-state index in [1.807, 2.05) is 28.5 Å². The van der Waals surface area contributed by atoms with Crippen molar-refractivity contribution < 1.29 is 4.79 Å². The highest BCUT2D eigenvalue weighted by atomic mass is 16.2. The van der Waals surface area contributed by atoms with Crippen LogP contribution in [-0.4, -0.2) is 34.5 Å². The van der Waals surface area contributed by atoms with Gasteiger partial charge in [0, 0.05) is 37.3 Å². The van der Waals surface area contributed by atoms with Crippen LogP contribution in [0.5, 0.6) is 0 Å². The molecule has 3 rings (SSSR count). The lowest BCUT2D eigenvalue weighted by atomic mass is 9.82. The lowest BCUT2D eigenvalue weighted by Gasteiger charge is -2.43. The van der Waals surface area contributed by atoms with E-state index in [4.69, 9.17) is 5.73 Å². The predicted octanol–water partition coefficient (Wildman–Crippen LogP) is 1.17. The molecular weight excluding hydrogens is 278 g/mol. The van der Waals surface area contributed by atoms with Crippen LogP contribution in [0.25, 0.3) is 0 Å². The first-order valence-corrected chi connectivity index (χ1v) is 8.25. The summed E-state index contributed by atoms with van der Waals surface area (Å²) in [4.78, 5) is 26.6. The van der Waals surface area contributed by atoms with Gasteiger partial charge in [-0.1, -0.05) is 26.3 Å². The van der Waals surface area contributed by atoms with Gasteiger partial charge in [0.05, 0.1) is 6.04 Å². The van der Waals surface area contributed by atoms with Crippen LogP contribution in [-0.2, 0) is 11.3 Å². The molecule has 22 heavy (non-hydrogen) atoms. The Labute approximate surface area is 131 Å². The second-order valence-electron chi connectivity index (χ2n) is 6.85. The monoisotopic (exact) mass is 303 g/mol. The van der Waals surface area contributed by atoms with Gasteiger partial charge in [-0.25, -0.2) is 0 Å². The normalized spacial score (nSPS) is 26.2. The number of carbonyl (C=O) groups is 1. The fraction of sp³-hybridized carbons (Fsp3) is 0.647. The lowest BCUT2D eigenvalue weighted by molar-refractivity contribution is -0.136. The van der Waals surface area contributed by atoms with Crippen LogP contribution in [0.15, 0.2) is 23.0 Å². The molecule has 1 fully saturated rings. The molecule has 5 nitrogen and oxygen atoms in total. The first-order chi connectivity index (χ1) is 10.5. The number of nitrogens with zero attached hydrogens (tertiary/aromatic N) is 2. The van der Waals surface area contributed by atoms with E-state index < -0.39 is 6.04 Å². The standard InChI is InChI=1S/C17H25N3O2/c1-3-11(2)16(18)17(22)19-8-12-7-13(10-19)14-5-4-6-15(21)20(14)9-12/h4-6,11-13,16H,3,7-10,18H2,1-2H3/t11-,12-,13+,16+/m1/s1. The molecular formula is C17H25N3O2. The predicted molar refractivity (Wildman–Crippen MR) is 85.6 cm³/mol. The Balaban J connectivity index is 1.82. The van der Waals surface area contributed by atoms with Crippen LogP contribution in [0.4, 0.5) is 0 Å². The Morgan fingerprint density at radius 3 is 2.86 bits per heavy atom. The minimum absolute atomic E-state index is 0.0655. The topological polar surface area (TPSA) is 68.3 Å². The summed E-state index contributed by atoms with van der Waals surface area (Å²) in [6, 6.07) is 5.04. The summed E-state index contributed by atoms with van der Waals surface area (Å²) in [5, 5.41) is 0. The van der Waals surface area contributed by atoms with Crippen molar-refractivity contribution in [1.82, 2.24) is 9.47 Å². The number of carbonyl (C=O) groups excluding carboxylic acids is 1. The van der Waals surface area contributed by atoms with Crippen molar-refractivity contribution in [2.45, 2.75) is 45.2 Å². The minimum Gasteiger partial charge on any atom is -0.340 e. The van der Waals surface area contributed by atoms with E-state index in [0.717, 1.165) is 25.1 Å². The SMILES string of the molecule is CC[C@@H](C)[C@H](N)C(=O)N1C[C@H]2C[C@@H](C1)c1cccc(=O)n1C2. The fourth-order valence-electron chi connectivity index (χ4n) is 3.78. The zero-order valence-corrected chi connectivity index (χ0v) is 13.4. The molecule has 5 heteroatoms. The maximum atomic E-state index is 12.6. The maximum Gasteiger partial charge on any atom is 0.250 e. The van der Waals surface area contributed by atoms with Crippen LogP contribution >= 0.6 is 0 Å². The third-order valence-corrected chi connectivity index (χ3v) is 5.33. The summed E-state index contributed by atoms with van der Waals surface area (Å²) in [6.07, 6.45) is 1.97. The summed E-state index contributed by atoms with van der Waals surface area (Å²) in [5.41, 5.74) is 7.27. The number of likely N-dealkylation sites (tertiary alicyclic amines) is 1. The van der Waals surface area contributed by atoms with Gasteiger partial charge in [-0.05, 0) is 24.3 Å². The van der Waals surface area contributed by atoms with Crippen molar-refractivity contribution in [3.05, 3.63) is 34.2 Å². The number of fused-ring (bicyclic) bond motifs is 4. The molecule has 120 valence electrons. The molecule has 0 radical (unpaired) electrons. The summed E-state index contributed by atoms with van der Waals surface area (Å²) >= 11 is 0. The van der Waals surface area contributed by atoms with Crippen molar-refractivity contribution in [3.63, 3.8) is 0 Å². The Morgan fingerprint density at radius 2 is 2.14 bits per heavy atom. The summed E-state index contributed by atoms with van der Waals surface area (Å²) in [5.74, 6) is 0.883. The first kappa shape index (κ1) is 15.3. The molecule has 1 aromatic rings. The molecule has 0 spiro atoms. The van der Waals surface area contributed by atoms with E-state index in [-0.39, 0.29) is 23.3 Å². The molecule has 1 saturated heterocycles. The molecule has 1 aromatic heterocycles. The van der Waals surface area contributed by atoms with Crippen molar-refractivity contribution in [1.29, 1.82) is 0 Å². The van der Waals surface area contributed by atoms with Crippen molar-refractivity contribution >= 4 is 5.91 Å². The van der Waals surface area contributed by atoms with E-state index >= 15 is 0 Å². The van der Waals surface area contributed by atoms with Gasteiger partial charge in [0.15, 0.2) is 0 Å². The molecule has 0 unspecified atom stereocenters. The number of nitrogens with two attached hydrogens (primary N) is 1. The van der Waals surface area contributed by atoms with Gasteiger partial charge in [-0.3, -0.25) is 9.59 Å². The second kappa shape index (κ2) is 5.88. The Morgan fingerprint density at radius 1 is 1.36 bits per heavy atom. The van der Waals surface area contributed by atoms with Crippen LogP contribution in [0.3, 0.4) is 0 Å². The van der Waals surface area contributed by atoms with Gasteiger partial charge >= 0.3 is 0 Å². The van der Waals surface area contributed by atoms with Crippen LogP contribution < -0.4 is 11.3 Å². The van der Waals surface area contributed by atoms with Gasteiger partial charge in [-0.15, -0.1) is 0 Å². The summed E-state index contributed by atoms with van der Waals surface area (Å²) in [6.45, 7) is 6.21. The highest BCUT2D eigenvalue weighted by molar-refractivity contribution is 5.82. The highest BCUT2D eigenvalue weighted by Crippen LogP contribution is 2.35. The van der Waals surface area contributed by atoms with Crippen LogP contribution in [0.2, 0.25) is 0 Å². The van der Waals surface area contributed by atoms with E-state index in [9.17, 15) is 9.59 Å². The minimum atomic E-state index is -0.415. The van der Waals surface area contributed by atoms with Crippen LogP contribution in [0.1, 0.15) is 38.3 Å². The third-order valence-electron chi connectivity index (χ3n) is 5.33. The zero-order chi connectivity index (χ0) is 15.9. The van der Waals surface area contributed by atoms with Gasteiger partial charge in [0.1, 0.15) is 0 Å². The molecule has 0 saturated carbocycles. The number of piperidine rings is 1. The summed E-state index contributed by atoms with van der Waals surface area (Å²) < 4.78 is 1.88. The van der Waals surface area contributed by atoms with Gasteiger partial charge < -0.3 is 15.2 Å². The molecule has 2 aliphatic rings. The van der Waals surface area contributed by atoms with Gasteiger partial charge in [0.25, 0.3) is 5.56 Å². The van der Waals surface area contributed by atoms with Crippen molar-refractivity contribution in [2.75, 3.05) is 13.1 Å². The molecule has 1 amide bonds. The smallest absolute Gasteiger partial charge is 0.250 e. The van der Waals surface area contributed by atoms with Crippen molar-refractivity contribution in [3.8, 4) is 0 Å². The zero-order valence-electron chi connectivity index (χ0n) is 13.4. The largest absolute Gasteiger partial charge is 0.340 e. The molecule has 2 aliphatic heterocycles. The molecule has 2 N–H and O–H groups in total. The maximum absolute atomic E-state index is 12.6. The highest BCUT2D eigenvalue weighted by Gasteiger charge is 2.37.